The van der Waals surface area contributed by atoms with Gasteiger partial charge in [-0.3, -0.25) is 25.2 Å². The van der Waals surface area contributed by atoms with Crippen LogP contribution in [0, 0.1) is 5.82 Å². The van der Waals surface area contributed by atoms with Gasteiger partial charge in [-0.05, 0) is 54.1 Å². The number of hydrogen-bond acceptors (Lipinski definition) is 4. The maximum atomic E-state index is 12.9. The molecule has 3 aromatic rings. The molecule has 0 unspecified atom stereocenters. The number of nitrogens with one attached hydrogen (secondary N) is 3. The van der Waals surface area contributed by atoms with Crippen LogP contribution in [0.25, 0.3) is 10.8 Å². The lowest BCUT2D eigenvalue weighted by atomic mass is 10.1. The van der Waals surface area contributed by atoms with E-state index in [1.807, 2.05) is 36.4 Å². The van der Waals surface area contributed by atoms with Gasteiger partial charge in [0.2, 0.25) is 0 Å². The summed E-state index contributed by atoms with van der Waals surface area (Å²) in [6.07, 6.45) is -0.861. The van der Waals surface area contributed by atoms with Gasteiger partial charge in [-0.1, -0.05) is 30.3 Å². The van der Waals surface area contributed by atoms with Crippen LogP contribution in [0.3, 0.4) is 0 Å². The molecule has 154 valence electrons. The zero-order valence-corrected chi connectivity index (χ0v) is 16.1. The average molecular weight is 409 g/mol. The molecule has 3 amide bonds. The third kappa shape index (κ3) is 5.54. The molecule has 0 aliphatic heterocycles. The Morgan fingerprint density at radius 3 is 2.37 bits per heavy atom. The summed E-state index contributed by atoms with van der Waals surface area (Å²) >= 11 is 0. The van der Waals surface area contributed by atoms with Crippen molar-refractivity contribution in [3.8, 4) is 5.75 Å². The Hall–Kier alpha value is -3.94. The third-order valence-electron chi connectivity index (χ3n) is 4.24. The van der Waals surface area contributed by atoms with Crippen LogP contribution in [0.4, 0.5) is 4.39 Å². The molecule has 0 saturated heterocycles. The minimum Gasteiger partial charge on any atom is -0.481 e. The molecule has 3 N–H and O–H groups in total. The summed E-state index contributed by atoms with van der Waals surface area (Å²) in [5, 5.41) is 4.40. The van der Waals surface area contributed by atoms with E-state index >= 15 is 0 Å². The van der Waals surface area contributed by atoms with Gasteiger partial charge < -0.3 is 10.1 Å². The summed E-state index contributed by atoms with van der Waals surface area (Å²) < 4.78 is 18.5. The van der Waals surface area contributed by atoms with E-state index < -0.39 is 29.6 Å². The van der Waals surface area contributed by atoms with Gasteiger partial charge in [-0.15, -0.1) is 0 Å². The number of amides is 3. The van der Waals surface area contributed by atoms with Crippen LogP contribution >= 0.6 is 0 Å². The first-order valence-electron chi connectivity index (χ1n) is 9.20. The van der Waals surface area contributed by atoms with Gasteiger partial charge in [0.15, 0.2) is 6.10 Å². The summed E-state index contributed by atoms with van der Waals surface area (Å²) in [5.74, 6) is -1.66. The van der Waals surface area contributed by atoms with Crippen LogP contribution in [0.1, 0.15) is 17.3 Å². The highest BCUT2D eigenvalue weighted by Gasteiger charge is 2.16. The first-order valence-corrected chi connectivity index (χ1v) is 9.20. The van der Waals surface area contributed by atoms with Gasteiger partial charge in [0.1, 0.15) is 11.6 Å². The SMILES string of the molecule is C[C@@H](Oc1ccc2ccccc2c1)C(=O)NNC(=O)CNC(=O)c1ccc(F)cc1. The molecule has 0 radical (unpaired) electrons. The number of hydrazine groups is 1. The van der Waals surface area contributed by atoms with E-state index in [4.69, 9.17) is 4.74 Å². The molecule has 3 rings (SSSR count). The second-order valence-electron chi connectivity index (χ2n) is 6.50. The topological polar surface area (TPSA) is 96.5 Å². The van der Waals surface area contributed by atoms with Crippen LogP contribution in [-0.4, -0.2) is 30.4 Å². The van der Waals surface area contributed by atoms with Crippen molar-refractivity contribution in [2.75, 3.05) is 6.54 Å². The standard InChI is InChI=1S/C22H20FN3O4/c1-14(30-19-11-8-15-4-2-3-5-17(15)12-19)21(28)26-25-20(27)13-24-22(29)16-6-9-18(23)10-7-16/h2-12,14H,13H2,1H3,(H,24,29)(H,25,27)(H,26,28)/t14-/m1/s1. The van der Waals surface area contributed by atoms with Crippen LogP contribution < -0.4 is 20.9 Å². The fourth-order valence-corrected chi connectivity index (χ4v) is 2.64. The normalized spacial score (nSPS) is 11.4. The van der Waals surface area contributed by atoms with Crippen molar-refractivity contribution in [3.05, 3.63) is 78.1 Å². The van der Waals surface area contributed by atoms with Crippen LogP contribution in [0.5, 0.6) is 5.75 Å². The first kappa shape index (κ1) is 20.8. The van der Waals surface area contributed by atoms with E-state index in [1.54, 1.807) is 13.0 Å². The predicted octanol–water partition coefficient (Wildman–Crippen LogP) is 2.32. The Balaban J connectivity index is 1.43. The molecule has 30 heavy (non-hydrogen) atoms. The Morgan fingerprint density at radius 1 is 0.933 bits per heavy atom. The monoisotopic (exact) mass is 409 g/mol. The lowest BCUT2D eigenvalue weighted by Crippen LogP contribution is -2.50. The molecular formula is C22H20FN3O4. The second-order valence-corrected chi connectivity index (χ2v) is 6.50. The van der Waals surface area contributed by atoms with Gasteiger partial charge >= 0.3 is 0 Å². The van der Waals surface area contributed by atoms with Gasteiger partial charge in [0.25, 0.3) is 17.7 Å². The van der Waals surface area contributed by atoms with E-state index in [0.717, 1.165) is 22.9 Å². The van der Waals surface area contributed by atoms with E-state index in [9.17, 15) is 18.8 Å². The third-order valence-corrected chi connectivity index (χ3v) is 4.24. The average Bonchev–Trinajstić information content (AvgIpc) is 2.76. The van der Waals surface area contributed by atoms with Gasteiger partial charge in [0.05, 0.1) is 6.54 Å². The number of carbonyl (C=O) groups is 3. The minimum atomic E-state index is -0.861. The number of halogens is 1. The molecule has 0 fully saturated rings. The van der Waals surface area contributed by atoms with Crippen LogP contribution in [-0.2, 0) is 9.59 Å². The van der Waals surface area contributed by atoms with Crippen molar-refractivity contribution in [1.29, 1.82) is 0 Å². The summed E-state index contributed by atoms with van der Waals surface area (Å²) in [5.41, 5.74) is 4.66. The Labute approximate surface area is 172 Å². The van der Waals surface area contributed by atoms with Crippen LogP contribution in [0.15, 0.2) is 66.7 Å². The van der Waals surface area contributed by atoms with E-state index in [1.165, 1.54) is 12.1 Å². The zero-order valence-electron chi connectivity index (χ0n) is 16.1. The fourth-order valence-electron chi connectivity index (χ4n) is 2.64. The van der Waals surface area contributed by atoms with E-state index in [-0.39, 0.29) is 12.1 Å². The Bertz CT molecular complexity index is 1070. The summed E-state index contributed by atoms with van der Waals surface area (Å²) in [4.78, 5) is 35.8. The molecule has 0 aliphatic rings. The van der Waals surface area contributed by atoms with Crippen LogP contribution in [0.2, 0.25) is 0 Å². The lowest BCUT2D eigenvalue weighted by Gasteiger charge is -2.15. The Morgan fingerprint density at radius 2 is 1.63 bits per heavy atom. The molecule has 7 nitrogen and oxygen atoms in total. The number of fused-ring (bicyclic) bond motifs is 1. The second kappa shape index (κ2) is 9.51. The molecule has 0 spiro atoms. The van der Waals surface area contributed by atoms with Gasteiger partial charge in [-0.25, -0.2) is 4.39 Å². The number of hydrogen-bond donors (Lipinski definition) is 3. The number of rotatable bonds is 6. The summed E-state index contributed by atoms with van der Waals surface area (Å²) in [6, 6.07) is 18.1. The van der Waals surface area contributed by atoms with Crippen molar-refractivity contribution in [1.82, 2.24) is 16.2 Å². The highest BCUT2D eigenvalue weighted by Crippen LogP contribution is 2.21. The molecule has 0 saturated carbocycles. The number of benzene rings is 3. The van der Waals surface area contributed by atoms with Crippen molar-refractivity contribution in [2.45, 2.75) is 13.0 Å². The number of ether oxygens (including phenoxy) is 1. The molecule has 0 aromatic heterocycles. The van der Waals surface area contributed by atoms with Crippen molar-refractivity contribution < 1.29 is 23.5 Å². The maximum absolute atomic E-state index is 12.9. The largest absolute Gasteiger partial charge is 0.481 e. The molecule has 8 heteroatoms. The van der Waals surface area contributed by atoms with Crippen molar-refractivity contribution in [3.63, 3.8) is 0 Å². The summed E-state index contributed by atoms with van der Waals surface area (Å²) in [7, 11) is 0. The van der Waals surface area contributed by atoms with Gasteiger partial charge in [0, 0.05) is 5.56 Å². The lowest BCUT2D eigenvalue weighted by molar-refractivity contribution is -0.132. The summed E-state index contributed by atoms with van der Waals surface area (Å²) in [6.45, 7) is 1.18. The zero-order chi connectivity index (χ0) is 21.5. The quantitative estimate of drug-likeness (QED) is 0.545. The first-order chi connectivity index (χ1) is 14.4. The Kier molecular flexibility index (Phi) is 6.59. The van der Waals surface area contributed by atoms with E-state index in [2.05, 4.69) is 16.2 Å². The molecule has 3 aromatic carbocycles. The molecule has 1 atom stereocenters. The maximum Gasteiger partial charge on any atom is 0.279 e. The smallest absolute Gasteiger partial charge is 0.279 e. The number of carbonyl (C=O) groups excluding carboxylic acids is 3. The molecule has 0 bridgehead atoms. The predicted molar refractivity (Wildman–Crippen MR) is 109 cm³/mol. The molecule has 0 heterocycles. The highest BCUT2D eigenvalue weighted by atomic mass is 19.1. The van der Waals surface area contributed by atoms with E-state index in [0.29, 0.717) is 5.75 Å². The minimum absolute atomic E-state index is 0.214. The molecular weight excluding hydrogens is 389 g/mol. The van der Waals surface area contributed by atoms with Crippen molar-refractivity contribution in [2.24, 2.45) is 0 Å². The fraction of sp³-hybridized carbons (Fsp3) is 0.136. The highest BCUT2D eigenvalue weighted by molar-refractivity contribution is 5.96. The van der Waals surface area contributed by atoms with Gasteiger partial charge in [-0.2, -0.15) is 0 Å². The van der Waals surface area contributed by atoms with Crippen molar-refractivity contribution >= 4 is 28.5 Å². The molecule has 0 aliphatic carbocycles.